The van der Waals surface area contributed by atoms with Gasteiger partial charge in [-0.25, -0.2) is 0 Å². The maximum atomic E-state index is 12.5. The summed E-state index contributed by atoms with van der Waals surface area (Å²) in [6, 6.07) is 10.4. The Labute approximate surface area is 135 Å². The monoisotopic (exact) mass is 367 g/mol. The molecule has 20 heavy (non-hydrogen) atoms. The van der Waals surface area contributed by atoms with E-state index >= 15 is 0 Å². The number of nitrogens with zero attached hydrogens (tertiary/aromatic N) is 1. The van der Waals surface area contributed by atoms with Gasteiger partial charge in [0.05, 0.1) is 9.04 Å². The Balaban J connectivity index is 1.65. The van der Waals surface area contributed by atoms with E-state index in [-0.39, 0.29) is 11.2 Å². The predicted octanol–water partition coefficient (Wildman–Crippen LogP) is 4.19. The largest absolute Gasteiger partial charge is 0.340 e. The highest BCUT2D eigenvalue weighted by Crippen LogP contribution is 2.37. The third kappa shape index (κ3) is 2.95. The molecule has 0 fully saturated rings. The average molecular weight is 368 g/mol. The van der Waals surface area contributed by atoms with Crippen molar-refractivity contribution in [2.45, 2.75) is 23.1 Å². The lowest BCUT2D eigenvalue weighted by Crippen LogP contribution is -2.34. The topological polar surface area (TPSA) is 20.3 Å². The number of benzene rings is 1. The van der Waals surface area contributed by atoms with E-state index < -0.39 is 0 Å². The van der Waals surface area contributed by atoms with Crippen molar-refractivity contribution < 1.29 is 4.79 Å². The van der Waals surface area contributed by atoms with Gasteiger partial charge in [-0.1, -0.05) is 18.2 Å². The third-order valence-electron chi connectivity index (χ3n) is 3.34. The van der Waals surface area contributed by atoms with E-state index in [0.717, 1.165) is 10.2 Å². The summed E-state index contributed by atoms with van der Waals surface area (Å²) in [5, 5.41) is 2.11. The molecule has 0 spiro atoms. The number of fused-ring (bicyclic) bond motifs is 1. The third-order valence-corrected chi connectivity index (χ3v) is 6.20. The lowest BCUT2D eigenvalue weighted by atomic mass is 10.1. The van der Waals surface area contributed by atoms with E-state index in [2.05, 4.69) is 39.5 Å². The van der Waals surface area contributed by atoms with E-state index in [1.165, 1.54) is 16.0 Å². The number of carbonyl (C=O) groups excluding carboxylic acids is 1. The zero-order valence-electron chi connectivity index (χ0n) is 11.0. The molecule has 2 aromatic rings. The molecular formula is C15H14BrNOS2. The first-order chi connectivity index (χ1) is 9.63. The molecule has 1 atom stereocenters. The van der Waals surface area contributed by atoms with Crippen LogP contribution in [-0.4, -0.2) is 23.1 Å². The van der Waals surface area contributed by atoms with Crippen molar-refractivity contribution in [2.75, 3.05) is 7.05 Å². The van der Waals surface area contributed by atoms with Crippen LogP contribution in [0.2, 0.25) is 0 Å². The van der Waals surface area contributed by atoms with E-state index in [1.54, 1.807) is 23.1 Å². The van der Waals surface area contributed by atoms with Crippen LogP contribution in [0, 0.1) is 0 Å². The molecule has 2 heterocycles. The zero-order valence-corrected chi connectivity index (χ0v) is 14.2. The molecule has 0 N–H and O–H groups in total. The normalized spacial score (nSPS) is 17.0. The van der Waals surface area contributed by atoms with Crippen molar-refractivity contribution in [1.29, 1.82) is 0 Å². The second-order valence-electron chi connectivity index (χ2n) is 4.87. The minimum atomic E-state index is 0.0273. The first kappa shape index (κ1) is 14.2. The maximum absolute atomic E-state index is 12.5. The zero-order chi connectivity index (χ0) is 14.1. The van der Waals surface area contributed by atoms with Gasteiger partial charge in [-0.05, 0) is 51.0 Å². The van der Waals surface area contributed by atoms with Gasteiger partial charge in [-0.3, -0.25) is 4.79 Å². The summed E-state index contributed by atoms with van der Waals surface area (Å²) in [5.41, 5.74) is 2.47. The van der Waals surface area contributed by atoms with Crippen LogP contribution in [0.15, 0.2) is 44.4 Å². The van der Waals surface area contributed by atoms with Crippen LogP contribution in [0.4, 0.5) is 0 Å². The van der Waals surface area contributed by atoms with Crippen LogP contribution in [0.3, 0.4) is 0 Å². The molecule has 1 unspecified atom stereocenters. The number of carbonyl (C=O) groups is 1. The molecule has 3 rings (SSSR count). The lowest BCUT2D eigenvalue weighted by molar-refractivity contribution is -0.129. The van der Waals surface area contributed by atoms with Gasteiger partial charge < -0.3 is 4.90 Å². The molecule has 0 bridgehead atoms. The second kappa shape index (κ2) is 5.92. The fourth-order valence-electron chi connectivity index (χ4n) is 2.35. The minimum absolute atomic E-state index is 0.0273. The average Bonchev–Trinajstić information content (AvgIpc) is 3.03. The number of hydrogen-bond donors (Lipinski definition) is 0. The fourth-order valence-corrected chi connectivity index (χ4v) is 4.86. The Morgan fingerprint density at radius 2 is 2.25 bits per heavy atom. The summed E-state index contributed by atoms with van der Waals surface area (Å²) < 4.78 is 1.11. The number of thiophene rings is 1. The Kier molecular flexibility index (Phi) is 4.19. The number of hydrogen-bond acceptors (Lipinski definition) is 3. The fraction of sp³-hybridized carbons (Fsp3) is 0.267. The lowest BCUT2D eigenvalue weighted by Gasteiger charge is -2.20. The number of amides is 1. The summed E-state index contributed by atoms with van der Waals surface area (Å²) in [6.45, 7) is 0.675. The van der Waals surface area contributed by atoms with E-state index in [4.69, 9.17) is 0 Å². The molecule has 1 amide bonds. The first-order valence-electron chi connectivity index (χ1n) is 6.36. The molecule has 0 radical (unpaired) electrons. The van der Waals surface area contributed by atoms with Gasteiger partial charge in [0.1, 0.15) is 0 Å². The van der Waals surface area contributed by atoms with E-state index in [9.17, 15) is 4.79 Å². The standard InChI is InChI=1S/C15H14BrNOS2/c1-17(8-10-6-14(16)19-9-10)15(18)13-7-11-4-2-3-5-12(11)20-13/h2-6,9,13H,7-8H2,1H3. The van der Waals surface area contributed by atoms with Crippen molar-refractivity contribution in [3.05, 3.63) is 50.6 Å². The first-order valence-corrected chi connectivity index (χ1v) is 8.91. The maximum Gasteiger partial charge on any atom is 0.236 e. The van der Waals surface area contributed by atoms with Crippen LogP contribution in [-0.2, 0) is 17.8 Å². The van der Waals surface area contributed by atoms with Crippen molar-refractivity contribution in [3.8, 4) is 0 Å². The summed E-state index contributed by atoms with van der Waals surface area (Å²) in [5.74, 6) is 0.216. The van der Waals surface area contributed by atoms with Crippen molar-refractivity contribution in [3.63, 3.8) is 0 Å². The summed E-state index contributed by atoms with van der Waals surface area (Å²) in [4.78, 5) is 15.6. The molecule has 0 saturated carbocycles. The quantitative estimate of drug-likeness (QED) is 0.810. The van der Waals surface area contributed by atoms with Gasteiger partial charge in [0.2, 0.25) is 5.91 Å². The highest BCUT2D eigenvalue weighted by molar-refractivity contribution is 9.11. The predicted molar refractivity (Wildman–Crippen MR) is 88.3 cm³/mol. The molecule has 1 aliphatic heterocycles. The van der Waals surface area contributed by atoms with Crippen LogP contribution >= 0.6 is 39.0 Å². The van der Waals surface area contributed by atoms with Crippen LogP contribution in [0.5, 0.6) is 0 Å². The summed E-state index contributed by atoms with van der Waals surface area (Å²) >= 11 is 6.80. The van der Waals surface area contributed by atoms with Gasteiger partial charge >= 0.3 is 0 Å². The van der Waals surface area contributed by atoms with Gasteiger partial charge in [0.25, 0.3) is 0 Å². The molecule has 0 saturated heterocycles. The smallest absolute Gasteiger partial charge is 0.236 e. The number of halogens is 1. The van der Waals surface area contributed by atoms with Gasteiger partial charge in [-0.2, -0.15) is 0 Å². The van der Waals surface area contributed by atoms with E-state index in [0.29, 0.717) is 6.54 Å². The Bertz CT molecular complexity index is 615. The van der Waals surface area contributed by atoms with E-state index in [1.807, 2.05) is 24.1 Å². The Morgan fingerprint density at radius 3 is 2.95 bits per heavy atom. The summed E-state index contributed by atoms with van der Waals surface area (Å²) in [6.07, 6.45) is 0.845. The van der Waals surface area contributed by atoms with Crippen molar-refractivity contribution in [1.82, 2.24) is 4.90 Å². The Hall–Kier alpha value is -0.780. The van der Waals surface area contributed by atoms with Gasteiger partial charge in [0, 0.05) is 18.5 Å². The Morgan fingerprint density at radius 1 is 1.45 bits per heavy atom. The van der Waals surface area contributed by atoms with Gasteiger partial charge in [0.15, 0.2) is 0 Å². The highest BCUT2D eigenvalue weighted by atomic mass is 79.9. The van der Waals surface area contributed by atoms with Crippen LogP contribution in [0.1, 0.15) is 11.1 Å². The van der Waals surface area contributed by atoms with Crippen LogP contribution < -0.4 is 0 Å². The molecule has 5 heteroatoms. The van der Waals surface area contributed by atoms with Crippen molar-refractivity contribution in [2.24, 2.45) is 0 Å². The van der Waals surface area contributed by atoms with Crippen molar-refractivity contribution >= 4 is 44.9 Å². The molecular weight excluding hydrogens is 354 g/mol. The highest BCUT2D eigenvalue weighted by Gasteiger charge is 2.30. The van der Waals surface area contributed by atoms with Gasteiger partial charge in [-0.15, -0.1) is 23.1 Å². The van der Waals surface area contributed by atoms with Crippen LogP contribution in [0.25, 0.3) is 0 Å². The number of rotatable bonds is 3. The molecule has 2 nitrogen and oxygen atoms in total. The molecule has 1 aromatic carbocycles. The SMILES string of the molecule is CN(Cc1csc(Br)c1)C(=O)C1Cc2ccccc2S1. The molecule has 1 aromatic heterocycles. The molecule has 1 aliphatic rings. The number of thioether (sulfide) groups is 1. The minimum Gasteiger partial charge on any atom is -0.340 e. The molecule has 0 aliphatic carbocycles. The summed E-state index contributed by atoms with van der Waals surface area (Å²) in [7, 11) is 1.89. The second-order valence-corrected chi connectivity index (χ2v) is 8.41. The molecule has 104 valence electrons.